The van der Waals surface area contributed by atoms with E-state index in [1.54, 1.807) is 0 Å². The van der Waals surface area contributed by atoms with Crippen molar-refractivity contribution in [3.8, 4) is 0 Å². The minimum atomic E-state index is -0.393. The van der Waals surface area contributed by atoms with Crippen LogP contribution < -0.4 is 11.1 Å². The van der Waals surface area contributed by atoms with Gasteiger partial charge in [-0.25, -0.2) is 0 Å². The first-order valence-electron chi connectivity index (χ1n) is 8.32. The van der Waals surface area contributed by atoms with Gasteiger partial charge in [0.15, 0.2) is 0 Å². The van der Waals surface area contributed by atoms with Gasteiger partial charge < -0.3 is 16.0 Å². The van der Waals surface area contributed by atoms with Crippen LogP contribution >= 0.6 is 12.4 Å². The number of carbonyl (C=O) groups excluding carboxylic acids is 1. The van der Waals surface area contributed by atoms with Gasteiger partial charge in [0.2, 0.25) is 5.91 Å². The van der Waals surface area contributed by atoms with Crippen molar-refractivity contribution in [3.63, 3.8) is 0 Å². The first kappa shape index (κ1) is 21.6. The topological polar surface area (TPSA) is 61.6 Å². The second-order valence-corrected chi connectivity index (χ2v) is 6.81. The summed E-state index contributed by atoms with van der Waals surface area (Å²) >= 11 is 0. The highest BCUT2D eigenvalue weighted by Crippen LogP contribution is 2.13. The molecule has 1 amide bonds. The highest BCUT2D eigenvalue weighted by atomic mass is 35.5. The number of hydrogen-bond acceptors (Lipinski definition) is 4. The standard InChI is InChI=1S/C16H34N4O.ClH/c1-6-13(4)15(17)16(21)18-11-14(12(2)3)20-9-7-19(5)8-10-20;/h12-15H,6-11,17H2,1-5H3,(H,18,21);1H. The van der Waals surface area contributed by atoms with E-state index in [-0.39, 0.29) is 24.2 Å². The quantitative estimate of drug-likeness (QED) is 0.733. The zero-order valence-electron chi connectivity index (χ0n) is 14.8. The van der Waals surface area contributed by atoms with E-state index in [1.165, 1.54) is 0 Å². The summed E-state index contributed by atoms with van der Waals surface area (Å²) in [7, 11) is 2.16. The molecule has 22 heavy (non-hydrogen) atoms. The molecule has 6 heteroatoms. The van der Waals surface area contributed by atoms with Crippen molar-refractivity contribution in [2.45, 2.75) is 46.2 Å². The lowest BCUT2D eigenvalue weighted by Gasteiger charge is -2.40. The maximum atomic E-state index is 12.1. The molecule has 1 aliphatic rings. The van der Waals surface area contributed by atoms with Crippen molar-refractivity contribution in [1.29, 1.82) is 0 Å². The molecule has 5 nitrogen and oxygen atoms in total. The number of nitrogens with two attached hydrogens (primary N) is 1. The number of nitrogens with zero attached hydrogens (tertiary/aromatic N) is 2. The van der Waals surface area contributed by atoms with Gasteiger partial charge in [0, 0.05) is 38.8 Å². The summed E-state index contributed by atoms with van der Waals surface area (Å²) in [6.07, 6.45) is 0.931. The molecule has 1 rings (SSSR count). The molecular weight excluding hydrogens is 300 g/mol. The van der Waals surface area contributed by atoms with Gasteiger partial charge in [0.25, 0.3) is 0 Å². The lowest BCUT2D eigenvalue weighted by atomic mass is 9.98. The molecule has 3 atom stereocenters. The lowest BCUT2D eigenvalue weighted by Crippen LogP contribution is -2.55. The molecule has 0 aromatic carbocycles. The monoisotopic (exact) mass is 334 g/mol. The Morgan fingerprint density at radius 3 is 2.18 bits per heavy atom. The average Bonchev–Trinajstić information content (AvgIpc) is 2.47. The second-order valence-electron chi connectivity index (χ2n) is 6.81. The summed E-state index contributed by atoms with van der Waals surface area (Å²) in [4.78, 5) is 17.0. The van der Waals surface area contributed by atoms with Gasteiger partial charge in [0.1, 0.15) is 0 Å². The smallest absolute Gasteiger partial charge is 0.237 e. The normalized spacial score (nSPS) is 21.0. The molecule has 0 aromatic rings. The molecule has 0 aromatic heterocycles. The second kappa shape index (κ2) is 10.4. The van der Waals surface area contributed by atoms with Crippen LogP contribution in [0.25, 0.3) is 0 Å². The van der Waals surface area contributed by atoms with Crippen LogP contribution in [0.2, 0.25) is 0 Å². The largest absolute Gasteiger partial charge is 0.353 e. The molecule has 0 radical (unpaired) electrons. The van der Waals surface area contributed by atoms with E-state index in [4.69, 9.17) is 5.73 Å². The number of halogens is 1. The van der Waals surface area contributed by atoms with E-state index in [0.717, 1.165) is 32.6 Å². The predicted molar refractivity (Wildman–Crippen MR) is 95.4 cm³/mol. The van der Waals surface area contributed by atoms with Crippen molar-refractivity contribution in [2.24, 2.45) is 17.6 Å². The van der Waals surface area contributed by atoms with E-state index in [2.05, 4.69) is 42.9 Å². The summed E-state index contributed by atoms with van der Waals surface area (Å²) < 4.78 is 0. The van der Waals surface area contributed by atoms with Crippen LogP contribution in [0.1, 0.15) is 34.1 Å². The van der Waals surface area contributed by atoms with Gasteiger partial charge in [-0.05, 0) is 18.9 Å². The molecule has 3 unspecified atom stereocenters. The van der Waals surface area contributed by atoms with Crippen LogP contribution in [0.4, 0.5) is 0 Å². The zero-order valence-corrected chi connectivity index (χ0v) is 15.7. The molecule has 132 valence electrons. The summed E-state index contributed by atoms with van der Waals surface area (Å²) in [6.45, 7) is 13.6. The van der Waals surface area contributed by atoms with Crippen molar-refractivity contribution in [3.05, 3.63) is 0 Å². The predicted octanol–water partition coefficient (Wildman–Crippen LogP) is 1.17. The number of hydrogen-bond donors (Lipinski definition) is 2. The molecule has 0 aliphatic carbocycles. The molecule has 1 heterocycles. The van der Waals surface area contributed by atoms with Gasteiger partial charge in [-0.2, -0.15) is 0 Å². The highest BCUT2D eigenvalue weighted by molar-refractivity contribution is 5.85. The lowest BCUT2D eigenvalue weighted by molar-refractivity contribution is -0.123. The fraction of sp³-hybridized carbons (Fsp3) is 0.938. The zero-order chi connectivity index (χ0) is 16.0. The van der Waals surface area contributed by atoms with Crippen LogP contribution in [0.3, 0.4) is 0 Å². The van der Waals surface area contributed by atoms with E-state index in [9.17, 15) is 4.79 Å². The summed E-state index contributed by atoms with van der Waals surface area (Å²) in [5, 5.41) is 3.07. The first-order valence-corrected chi connectivity index (χ1v) is 8.32. The highest BCUT2D eigenvalue weighted by Gasteiger charge is 2.26. The van der Waals surface area contributed by atoms with Crippen LogP contribution in [0.5, 0.6) is 0 Å². The molecule has 0 saturated carbocycles. The Labute approximate surface area is 142 Å². The SMILES string of the molecule is CCC(C)C(N)C(=O)NCC(C(C)C)N1CCN(C)CC1.Cl. The minimum Gasteiger partial charge on any atom is -0.353 e. The van der Waals surface area contributed by atoms with Crippen molar-refractivity contribution in [1.82, 2.24) is 15.1 Å². The van der Waals surface area contributed by atoms with Gasteiger partial charge in [-0.1, -0.05) is 34.1 Å². The third-order valence-electron chi connectivity index (χ3n) is 4.82. The Balaban J connectivity index is 0.00000441. The Kier molecular flexibility index (Phi) is 10.3. The Morgan fingerprint density at radius 1 is 1.18 bits per heavy atom. The molecule has 3 N–H and O–H groups in total. The number of nitrogens with one attached hydrogen (secondary N) is 1. The molecule has 1 aliphatic heterocycles. The van der Waals surface area contributed by atoms with E-state index >= 15 is 0 Å². The van der Waals surface area contributed by atoms with Crippen molar-refractivity contribution in [2.75, 3.05) is 39.8 Å². The van der Waals surface area contributed by atoms with Gasteiger partial charge in [-0.3, -0.25) is 9.69 Å². The van der Waals surface area contributed by atoms with E-state index < -0.39 is 6.04 Å². The number of amides is 1. The van der Waals surface area contributed by atoms with E-state index in [1.807, 2.05) is 6.92 Å². The van der Waals surface area contributed by atoms with Gasteiger partial charge in [-0.15, -0.1) is 12.4 Å². The fourth-order valence-corrected chi connectivity index (χ4v) is 2.78. The number of piperazine rings is 1. The maximum Gasteiger partial charge on any atom is 0.237 e. The number of rotatable bonds is 7. The van der Waals surface area contributed by atoms with Crippen LogP contribution in [0, 0.1) is 11.8 Å². The van der Waals surface area contributed by atoms with Crippen LogP contribution in [-0.2, 0) is 4.79 Å². The molecule has 0 bridgehead atoms. The van der Waals surface area contributed by atoms with Gasteiger partial charge >= 0.3 is 0 Å². The number of likely N-dealkylation sites (N-methyl/N-ethyl adjacent to an activating group) is 1. The van der Waals surface area contributed by atoms with Crippen molar-refractivity contribution < 1.29 is 4.79 Å². The van der Waals surface area contributed by atoms with Crippen molar-refractivity contribution >= 4 is 18.3 Å². The molecule has 0 spiro atoms. The Bertz CT molecular complexity index is 319. The summed E-state index contributed by atoms with van der Waals surface area (Å²) in [6, 6.07) is 0.00193. The summed E-state index contributed by atoms with van der Waals surface area (Å²) in [5.74, 6) is 0.740. The number of carbonyl (C=O) groups is 1. The fourth-order valence-electron chi connectivity index (χ4n) is 2.78. The third kappa shape index (κ3) is 6.41. The molecular formula is C16H35ClN4O. The van der Waals surface area contributed by atoms with Crippen LogP contribution in [-0.4, -0.2) is 67.6 Å². The van der Waals surface area contributed by atoms with Crippen LogP contribution in [0.15, 0.2) is 0 Å². The average molecular weight is 335 g/mol. The first-order chi connectivity index (χ1) is 9.86. The Hall–Kier alpha value is -0.360. The Morgan fingerprint density at radius 2 is 1.73 bits per heavy atom. The third-order valence-corrected chi connectivity index (χ3v) is 4.82. The molecule has 1 fully saturated rings. The van der Waals surface area contributed by atoms with E-state index in [0.29, 0.717) is 18.5 Å². The molecule has 1 saturated heterocycles. The maximum absolute atomic E-state index is 12.1. The minimum absolute atomic E-state index is 0. The van der Waals surface area contributed by atoms with Gasteiger partial charge in [0.05, 0.1) is 6.04 Å². The summed E-state index contributed by atoms with van der Waals surface area (Å²) in [5.41, 5.74) is 6.00.